The number of methoxy groups -OCH3 is 1. The molecule has 0 bridgehead atoms. The average molecular weight is 703 g/mol. The maximum Gasteiger partial charge on any atom is 0.490 e. The molecule has 0 aromatic heterocycles. The Balaban J connectivity index is 1.83. The summed E-state index contributed by atoms with van der Waals surface area (Å²) in [6, 6.07) is 6.79. The van der Waals surface area contributed by atoms with Crippen LogP contribution in [0.2, 0.25) is 0 Å². The molecule has 0 spiro atoms. The second kappa shape index (κ2) is 12.5. The van der Waals surface area contributed by atoms with Crippen molar-refractivity contribution in [1.29, 1.82) is 0 Å². The van der Waals surface area contributed by atoms with Crippen molar-refractivity contribution in [3.05, 3.63) is 71.2 Å². The number of carbonyl (C=O) groups is 1. The number of rotatable bonds is 7. The van der Waals surface area contributed by atoms with Gasteiger partial charge in [0.2, 0.25) is 10.0 Å². The van der Waals surface area contributed by atoms with Crippen molar-refractivity contribution in [2.24, 2.45) is 0 Å². The largest absolute Gasteiger partial charge is 0.497 e. The zero-order valence-electron chi connectivity index (χ0n) is 23.5. The Bertz CT molecular complexity index is 1660. The van der Waals surface area contributed by atoms with E-state index in [0.717, 1.165) is 10.4 Å². The summed E-state index contributed by atoms with van der Waals surface area (Å²) in [6.07, 6.45) is -14.6. The van der Waals surface area contributed by atoms with Gasteiger partial charge in [0, 0.05) is 54.3 Å². The summed E-state index contributed by atoms with van der Waals surface area (Å²) >= 11 is 5.18. The van der Waals surface area contributed by atoms with Crippen LogP contribution in [-0.4, -0.2) is 75.4 Å². The van der Waals surface area contributed by atoms with Crippen molar-refractivity contribution in [3.63, 3.8) is 0 Å². The fraction of sp³-hybridized carbons (Fsp3) is 0.357. The molecule has 2 aromatic carbocycles. The smallest absolute Gasteiger partial charge is 0.490 e. The van der Waals surface area contributed by atoms with Crippen LogP contribution in [0, 0.1) is 0 Å². The molecule has 46 heavy (non-hydrogen) atoms. The Morgan fingerprint density at radius 1 is 0.891 bits per heavy atom. The van der Waals surface area contributed by atoms with Gasteiger partial charge in [-0.2, -0.15) is 43.8 Å². The minimum atomic E-state index is -6.59. The molecule has 1 aliphatic heterocycles. The van der Waals surface area contributed by atoms with Gasteiger partial charge in [-0.1, -0.05) is 42.6 Å². The van der Waals surface area contributed by atoms with Gasteiger partial charge in [0.1, 0.15) is 5.75 Å². The molecule has 0 atom stereocenters. The number of halogens is 9. The maximum atomic E-state index is 14.3. The topological polar surface area (TPSA) is 76.2 Å². The number of sulfonamides is 1. The summed E-state index contributed by atoms with van der Waals surface area (Å²) in [7, 11) is -2.78. The normalized spacial score (nSPS) is 17.1. The second-order valence-corrected chi connectivity index (χ2v) is 12.4. The molecule has 7 nitrogen and oxygen atoms in total. The number of hydrogen-bond donors (Lipinski definition) is 0. The summed E-state index contributed by atoms with van der Waals surface area (Å²) in [6.45, 7) is -0.469. The molecule has 18 heteroatoms. The minimum absolute atomic E-state index is 0.00357. The lowest BCUT2D eigenvalue weighted by molar-refractivity contribution is -0.382. The van der Waals surface area contributed by atoms with Crippen molar-refractivity contribution in [3.8, 4) is 16.9 Å². The van der Waals surface area contributed by atoms with Crippen LogP contribution >= 0.6 is 12.2 Å². The Labute approximate surface area is 261 Å². The molecule has 250 valence electrons. The predicted molar refractivity (Wildman–Crippen MR) is 152 cm³/mol. The number of allylic oxidation sites excluding steroid dienone is 4. The van der Waals surface area contributed by atoms with Crippen molar-refractivity contribution in [2.45, 2.75) is 30.6 Å². The van der Waals surface area contributed by atoms with Gasteiger partial charge < -0.3 is 14.4 Å². The highest BCUT2D eigenvalue weighted by molar-refractivity contribution is 7.96. The molecule has 0 radical (unpaired) electrons. The van der Waals surface area contributed by atoms with Crippen LogP contribution in [0.3, 0.4) is 0 Å². The third-order valence-corrected chi connectivity index (χ3v) is 9.72. The van der Waals surface area contributed by atoms with Gasteiger partial charge >= 0.3 is 30.1 Å². The van der Waals surface area contributed by atoms with Gasteiger partial charge in [0.15, 0.2) is 0 Å². The van der Waals surface area contributed by atoms with Crippen molar-refractivity contribution < 1.29 is 62.2 Å². The first-order valence-corrected chi connectivity index (χ1v) is 15.0. The van der Waals surface area contributed by atoms with Gasteiger partial charge in [-0.15, -0.1) is 0 Å². The predicted octanol–water partition coefficient (Wildman–Crippen LogP) is 6.45. The number of alkyl halides is 9. The highest BCUT2D eigenvalue weighted by Gasteiger charge is 2.76. The van der Waals surface area contributed by atoms with E-state index in [1.807, 2.05) is 0 Å². The summed E-state index contributed by atoms with van der Waals surface area (Å²) in [5.74, 6) is -3.56. The number of benzene rings is 2. The number of carbonyl (C=O) groups excluding carboxylic acids is 1. The molecule has 1 saturated heterocycles. The van der Waals surface area contributed by atoms with Crippen LogP contribution in [0.25, 0.3) is 11.1 Å². The van der Waals surface area contributed by atoms with Crippen LogP contribution in [0.15, 0.2) is 65.6 Å². The second-order valence-electron chi connectivity index (χ2n) is 10.0. The third-order valence-electron chi connectivity index (χ3n) is 7.22. The standard InChI is InChI=1S/C28H23F9N2O5S2/c1-43-19-6-4-5-17(15-19)20-16-18(25(27(32,33)34,28(35,36)37)44-24(40)26(29,30)31)9-10-21(20)38-11-13-39(14-12-38)46(41,42)23-8-3-2-7-22(23)45/h2-6,8-10,15-16H,7,11-14H2,1H3. The highest BCUT2D eigenvalue weighted by Crippen LogP contribution is 2.55. The van der Waals surface area contributed by atoms with Crippen molar-refractivity contribution in [2.75, 3.05) is 38.2 Å². The number of esters is 1. The highest BCUT2D eigenvalue weighted by atomic mass is 32.2. The van der Waals surface area contributed by atoms with E-state index >= 15 is 0 Å². The Kier molecular flexibility index (Phi) is 9.58. The Hall–Kier alpha value is -3.64. The van der Waals surface area contributed by atoms with Gasteiger partial charge in [-0.05, 0) is 35.9 Å². The zero-order chi connectivity index (χ0) is 34.3. The lowest BCUT2D eigenvalue weighted by Gasteiger charge is -2.39. The molecule has 2 aliphatic rings. The molecule has 0 amide bonds. The lowest BCUT2D eigenvalue weighted by atomic mass is 9.88. The van der Waals surface area contributed by atoms with Crippen molar-refractivity contribution >= 4 is 38.8 Å². The number of thiocarbonyl (C=S) groups is 1. The van der Waals surface area contributed by atoms with E-state index in [-0.39, 0.29) is 71.0 Å². The van der Waals surface area contributed by atoms with Gasteiger partial charge in [0.05, 0.1) is 12.0 Å². The monoisotopic (exact) mass is 702 g/mol. The van der Waals surface area contributed by atoms with E-state index in [0.29, 0.717) is 6.07 Å². The fourth-order valence-electron chi connectivity index (χ4n) is 4.97. The summed E-state index contributed by atoms with van der Waals surface area (Å²) in [5.41, 5.74) is -7.86. The van der Waals surface area contributed by atoms with E-state index in [9.17, 15) is 52.7 Å². The van der Waals surface area contributed by atoms with E-state index in [4.69, 9.17) is 17.0 Å². The third kappa shape index (κ3) is 6.60. The first-order chi connectivity index (χ1) is 21.2. The summed E-state index contributed by atoms with van der Waals surface area (Å²) in [4.78, 5) is 13.1. The van der Waals surface area contributed by atoms with Gasteiger partial charge in [0.25, 0.3) is 0 Å². The molecule has 0 unspecified atom stereocenters. The van der Waals surface area contributed by atoms with E-state index in [1.54, 1.807) is 6.08 Å². The number of nitrogens with zero attached hydrogens (tertiary/aromatic N) is 2. The van der Waals surface area contributed by atoms with E-state index < -0.39 is 45.7 Å². The quantitative estimate of drug-likeness (QED) is 0.187. The van der Waals surface area contributed by atoms with Crippen LogP contribution in [-0.2, 0) is 25.2 Å². The number of hydrogen-bond acceptors (Lipinski definition) is 7. The molecule has 1 fully saturated rings. The SMILES string of the molecule is COc1cccc(-c2cc(C(OC(=O)C(F)(F)F)(C(F)(F)F)C(F)(F)F)ccc2N2CCN(S(=O)(=O)C3=CC=CCC3=S)CC2)c1. The summed E-state index contributed by atoms with van der Waals surface area (Å²) in [5, 5.41) is 0. The molecule has 1 heterocycles. The minimum Gasteiger partial charge on any atom is -0.497 e. The Morgan fingerprint density at radius 3 is 2.07 bits per heavy atom. The van der Waals surface area contributed by atoms with Gasteiger partial charge in [-0.3, -0.25) is 0 Å². The van der Waals surface area contributed by atoms with Crippen LogP contribution < -0.4 is 9.64 Å². The molecule has 0 N–H and O–H groups in total. The molecular weight excluding hydrogens is 679 g/mol. The lowest BCUT2D eigenvalue weighted by Crippen LogP contribution is -2.58. The first-order valence-electron chi connectivity index (χ1n) is 13.1. The van der Waals surface area contributed by atoms with Crippen LogP contribution in [0.4, 0.5) is 45.2 Å². The van der Waals surface area contributed by atoms with Crippen LogP contribution in [0.1, 0.15) is 12.0 Å². The first kappa shape index (κ1) is 35.2. The van der Waals surface area contributed by atoms with E-state index in [2.05, 4.69) is 4.74 Å². The van der Waals surface area contributed by atoms with E-state index in [1.165, 1.54) is 48.4 Å². The number of ether oxygens (including phenoxy) is 2. The zero-order valence-corrected chi connectivity index (χ0v) is 25.1. The van der Waals surface area contributed by atoms with Gasteiger partial charge in [-0.25, -0.2) is 13.2 Å². The number of piperazine rings is 1. The fourth-order valence-corrected chi connectivity index (χ4v) is 7.00. The maximum absolute atomic E-state index is 14.3. The van der Waals surface area contributed by atoms with Crippen molar-refractivity contribution in [1.82, 2.24) is 4.31 Å². The molecule has 1 aliphatic carbocycles. The van der Waals surface area contributed by atoms with Crippen LogP contribution in [0.5, 0.6) is 5.75 Å². The molecule has 4 rings (SSSR count). The average Bonchev–Trinajstić information content (AvgIpc) is 2.98. The Morgan fingerprint density at radius 2 is 1.52 bits per heavy atom. The molecule has 0 saturated carbocycles. The molecule has 2 aromatic rings. The molecular formula is C28H23F9N2O5S2. The number of anilines is 1. The summed E-state index contributed by atoms with van der Waals surface area (Å²) < 4.78 is 161.